The Hall–Kier alpha value is -4.41. The highest BCUT2D eigenvalue weighted by atomic mass is 79.9. The molecule has 1 N–H and O–H groups in total. The minimum atomic E-state index is -0.580. The van der Waals surface area contributed by atoms with Crippen molar-refractivity contribution in [3.8, 4) is 17.6 Å². The van der Waals surface area contributed by atoms with E-state index in [1.54, 1.807) is 48.5 Å². The summed E-state index contributed by atoms with van der Waals surface area (Å²) in [5.41, 5.74) is 1.18. The van der Waals surface area contributed by atoms with Gasteiger partial charge in [-0.25, -0.2) is 4.79 Å². The third-order valence-corrected chi connectivity index (χ3v) is 5.70. The number of nitriles is 1. The molecule has 0 heterocycles. The molecule has 0 saturated heterocycles. The number of hydrogen-bond donors (Lipinski definition) is 1. The first-order chi connectivity index (χ1) is 17.0. The summed E-state index contributed by atoms with van der Waals surface area (Å²) in [6.45, 7) is 0. The maximum Gasteiger partial charge on any atom is 0.343 e. The van der Waals surface area contributed by atoms with Crippen molar-refractivity contribution in [2.75, 3.05) is 12.4 Å². The number of fused-ring (bicyclic) bond motifs is 1. The second-order valence-electron chi connectivity index (χ2n) is 7.45. The highest BCUT2D eigenvalue weighted by molar-refractivity contribution is 9.10. The average Bonchev–Trinajstić information content (AvgIpc) is 2.88. The number of methoxy groups -OCH3 is 1. The molecule has 4 aromatic carbocycles. The molecule has 4 aromatic rings. The van der Waals surface area contributed by atoms with Gasteiger partial charge in [0.2, 0.25) is 0 Å². The van der Waals surface area contributed by atoms with E-state index in [0.29, 0.717) is 27.0 Å². The summed E-state index contributed by atoms with van der Waals surface area (Å²) in [6.07, 6.45) is 1.39. The van der Waals surface area contributed by atoms with Crippen LogP contribution in [-0.4, -0.2) is 19.0 Å². The Morgan fingerprint density at radius 1 is 0.971 bits per heavy atom. The van der Waals surface area contributed by atoms with Gasteiger partial charge in [-0.1, -0.05) is 52.3 Å². The van der Waals surface area contributed by atoms with E-state index < -0.39 is 11.9 Å². The fourth-order valence-corrected chi connectivity index (χ4v) is 3.82. The van der Waals surface area contributed by atoms with Crippen molar-refractivity contribution in [1.82, 2.24) is 0 Å². The molecule has 0 spiro atoms. The number of amides is 1. The molecule has 7 heteroatoms. The lowest BCUT2D eigenvalue weighted by molar-refractivity contribution is -0.112. The van der Waals surface area contributed by atoms with Gasteiger partial charge in [0.25, 0.3) is 5.91 Å². The quantitative estimate of drug-likeness (QED) is 0.136. The molecule has 1 amide bonds. The minimum absolute atomic E-state index is 0.141. The van der Waals surface area contributed by atoms with E-state index >= 15 is 0 Å². The van der Waals surface area contributed by atoms with Crippen molar-refractivity contribution in [3.05, 3.63) is 106 Å². The first-order valence-electron chi connectivity index (χ1n) is 10.5. The van der Waals surface area contributed by atoms with E-state index in [1.165, 1.54) is 13.2 Å². The Bertz CT molecular complexity index is 1480. The van der Waals surface area contributed by atoms with E-state index in [0.717, 1.165) is 10.8 Å². The van der Waals surface area contributed by atoms with Gasteiger partial charge in [-0.05, 0) is 60.0 Å². The summed E-state index contributed by atoms with van der Waals surface area (Å²) in [5, 5.41) is 14.3. The Morgan fingerprint density at radius 3 is 2.46 bits per heavy atom. The van der Waals surface area contributed by atoms with Gasteiger partial charge in [0.15, 0.2) is 0 Å². The number of ether oxygens (including phenoxy) is 2. The topological polar surface area (TPSA) is 88.4 Å². The number of carbonyl (C=O) groups excluding carboxylic acids is 2. The van der Waals surface area contributed by atoms with Gasteiger partial charge < -0.3 is 14.8 Å². The molecule has 4 rings (SSSR count). The summed E-state index contributed by atoms with van der Waals surface area (Å²) in [7, 11) is 1.54. The molecule has 0 saturated carbocycles. The van der Waals surface area contributed by atoms with Crippen LogP contribution in [0.1, 0.15) is 15.9 Å². The van der Waals surface area contributed by atoms with E-state index in [1.807, 2.05) is 42.5 Å². The second kappa shape index (κ2) is 10.7. The van der Waals surface area contributed by atoms with Gasteiger partial charge in [0.1, 0.15) is 23.1 Å². The SMILES string of the molecule is COc1ccc(C(=O)Oc2ccc(Br)cc2/C=C(\C#N)C(=O)Nc2cccc3ccccc23)cc1. The molecule has 172 valence electrons. The number of esters is 1. The number of halogens is 1. The zero-order valence-corrected chi connectivity index (χ0v) is 20.2. The lowest BCUT2D eigenvalue weighted by Crippen LogP contribution is -2.14. The molecular weight excluding hydrogens is 508 g/mol. The van der Waals surface area contributed by atoms with Crippen LogP contribution in [0.2, 0.25) is 0 Å². The largest absolute Gasteiger partial charge is 0.497 e. The first kappa shape index (κ1) is 23.7. The Labute approximate surface area is 210 Å². The van der Waals surface area contributed by atoms with Gasteiger partial charge in [0, 0.05) is 21.1 Å². The van der Waals surface area contributed by atoms with Gasteiger partial charge in [-0.2, -0.15) is 5.26 Å². The molecule has 35 heavy (non-hydrogen) atoms. The monoisotopic (exact) mass is 526 g/mol. The van der Waals surface area contributed by atoms with Crippen LogP contribution in [0.5, 0.6) is 11.5 Å². The van der Waals surface area contributed by atoms with E-state index in [-0.39, 0.29) is 11.3 Å². The standard InChI is InChI=1S/C28H19BrN2O4/c1-34-23-12-9-19(10-13-23)28(33)35-26-14-11-22(29)16-20(26)15-21(17-30)27(32)31-25-8-4-6-18-5-2-3-7-24(18)25/h2-16H,1H3,(H,31,32)/b21-15+. The predicted octanol–water partition coefficient (Wildman–Crippen LogP) is 6.38. The van der Waals surface area contributed by atoms with Crippen molar-refractivity contribution in [2.24, 2.45) is 0 Å². The summed E-state index contributed by atoms with van der Waals surface area (Å²) in [5.74, 6) is -0.330. The molecule has 0 radical (unpaired) electrons. The average molecular weight is 527 g/mol. The fourth-order valence-electron chi connectivity index (χ4n) is 3.44. The molecule has 6 nitrogen and oxygen atoms in total. The summed E-state index contributed by atoms with van der Waals surface area (Å²) >= 11 is 3.39. The normalized spacial score (nSPS) is 10.9. The van der Waals surface area contributed by atoms with Crippen molar-refractivity contribution in [2.45, 2.75) is 0 Å². The third kappa shape index (κ3) is 5.57. The zero-order valence-electron chi connectivity index (χ0n) is 18.6. The van der Waals surface area contributed by atoms with Crippen LogP contribution in [-0.2, 0) is 4.79 Å². The van der Waals surface area contributed by atoms with Gasteiger partial charge >= 0.3 is 5.97 Å². The summed E-state index contributed by atoms with van der Waals surface area (Å²) in [6, 6.07) is 26.6. The molecule has 0 aliphatic carbocycles. The molecular formula is C28H19BrN2O4. The summed E-state index contributed by atoms with van der Waals surface area (Å²) in [4.78, 5) is 25.6. The maximum absolute atomic E-state index is 13.0. The smallest absolute Gasteiger partial charge is 0.343 e. The lowest BCUT2D eigenvalue weighted by Gasteiger charge is -2.10. The number of hydrogen-bond acceptors (Lipinski definition) is 5. The Balaban J connectivity index is 1.61. The number of rotatable bonds is 6. The molecule has 0 aliphatic heterocycles. The van der Waals surface area contributed by atoms with Crippen LogP contribution >= 0.6 is 15.9 Å². The molecule has 0 atom stereocenters. The highest BCUT2D eigenvalue weighted by Crippen LogP contribution is 2.28. The number of anilines is 1. The molecule has 0 unspecified atom stereocenters. The number of nitrogens with zero attached hydrogens (tertiary/aromatic N) is 1. The Morgan fingerprint density at radius 2 is 1.71 bits per heavy atom. The van der Waals surface area contributed by atoms with Gasteiger partial charge in [0.05, 0.1) is 12.7 Å². The third-order valence-electron chi connectivity index (χ3n) is 5.20. The van der Waals surface area contributed by atoms with E-state index in [9.17, 15) is 14.9 Å². The number of nitrogens with one attached hydrogen (secondary N) is 1. The van der Waals surface area contributed by atoms with Crippen LogP contribution in [0.15, 0.2) is 95.0 Å². The Kier molecular flexibility index (Phi) is 7.24. The number of benzene rings is 4. The van der Waals surface area contributed by atoms with E-state index in [2.05, 4.69) is 21.2 Å². The lowest BCUT2D eigenvalue weighted by atomic mass is 10.1. The van der Waals surface area contributed by atoms with Crippen LogP contribution in [0.4, 0.5) is 5.69 Å². The maximum atomic E-state index is 13.0. The molecule has 0 aromatic heterocycles. The minimum Gasteiger partial charge on any atom is -0.497 e. The summed E-state index contributed by atoms with van der Waals surface area (Å²) < 4.78 is 11.4. The van der Waals surface area contributed by atoms with Crippen molar-refractivity contribution in [1.29, 1.82) is 5.26 Å². The second-order valence-corrected chi connectivity index (χ2v) is 8.37. The van der Waals surface area contributed by atoms with Gasteiger partial charge in [-0.3, -0.25) is 4.79 Å². The molecule has 0 aliphatic rings. The molecule has 0 bridgehead atoms. The van der Waals surface area contributed by atoms with Gasteiger partial charge in [-0.15, -0.1) is 0 Å². The highest BCUT2D eigenvalue weighted by Gasteiger charge is 2.15. The fraction of sp³-hybridized carbons (Fsp3) is 0.0357. The molecule has 0 fully saturated rings. The van der Waals surface area contributed by atoms with Crippen molar-refractivity contribution < 1.29 is 19.1 Å². The van der Waals surface area contributed by atoms with Crippen LogP contribution in [0, 0.1) is 11.3 Å². The number of carbonyl (C=O) groups is 2. The van der Waals surface area contributed by atoms with Crippen LogP contribution < -0.4 is 14.8 Å². The zero-order chi connectivity index (χ0) is 24.8. The van der Waals surface area contributed by atoms with E-state index in [4.69, 9.17) is 9.47 Å². The first-order valence-corrected chi connectivity index (χ1v) is 11.3. The predicted molar refractivity (Wildman–Crippen MR) is 138 cm³/mol. The van der Waals surface area contributed by atoms with Crippen molar-refractivity contribution in [3.63, 3.8) is 0 Å². The van der Waals surface area contributed by atoms with Crippen molar-refractivity contribution >= 4 is 50.3 Å². The van der Waals surface area contributed by atoms with Crippen LogP contribution in [0.3, 0.4) is 0 Å². The van der Waals surface area contributed by atoms with Crippen LogP contribution in [0.25, 0.3) is 16.8 Å².